The molecule has 1 amide bonds. The number of ether oxygens (including phenoxy) is 1. The number of para-hydroxylation sites is 1. The zero-order valence-electron chi connectivity index (χ0n) is 21.6. The standard InChI is InChI=1S/C29H27BrF3N3O2.ClH/c1-35(2)17-16-34-28(37)20-10-15-27(38-3)22(18-20)25-14-13-24(19-8-11-21(30)12-9-19)36(25)26-7-5-4-6-23(26)29(31,32)33;/h4-15,18H,16-17H2,1-3H3,(H,34,37);1H. The van der Waals surface area contributed by atoms with E-state index in [1.807, 2.05) is 43.3 Å². The molecule has 0 atom stereocenters. The second-order valence-corrected chi connectivity index (χ2v) is 9.85. The molecule has 0 bridgehead atoms. The second-order valence-electron chi connectivity index (χ2n) is 8.94. The molecule has 39 heavy (non-hydrogen) atoms. The van der Waals surface area contributed by atoms with Crippen LogP contribution in [0.4, 0.5) is 13.2 Å². The summed E-state index contributed by atoms with van der Waals surface area (Å²) in [6.07, 6.45) is -4.58. The van der Waals surface area contributed by atoms with Crippen molar-refractivity contribution < 1.29 is 22.7 Å². The summed E-state index contributed by atoms with van der Waals surface area (Å²) in [6, 6.07) is 21.3. The highest BCUT2D eigenvalue weighted by Crippen LogP contribution is 2.41. The van der Waals surface area contributed by atoms with Crippen LogP contribution in [-0.4, -0.2) is 49.7 Å². The molecule has 1 aromatic heterocycles. The first-order valence-corrected chi connectivity index (χ1v) is 12.6. The van der Waals surface area contributed by atoms with Gasteiger partial charge in [0.2, 0.25) is 0 Å². The van der Waals surface area contributed by atoms with Crippen molar-refractivity contribution >= 4 is 34.2 Å². The summed E-state index contributed by atoms with van der Waals surface area (Å²) in [7, 11) is 5.31. The van der Waals surface area contributed by atoms with Crippen molar-refractivity contribution in [2.45, 2.75) is 6.18 Å². The van der Waals surface area contributed by atoms with Crippen molar-refractivity contribution in [3.63, 3.8) is 0 Å². The van der Waals surface area contributed by atoms with E-state index < -0.39 is 11.7 Å². The Hall–Kier alpha value is -3.27. The average molecular weight is 623 g/mol. The molecule has 0 aliphatic carbocycles. The van der Waals surface area contributed by atoms with Crippen LogP contribution in [0, 0.1) is 0 Å². The zero-order valence-corrected chi connectivity index (χ0v) is 24.0. The SMILES string of the molecule is COc1ccc(C(=O)NCCN(C)C)cc1-c1ccc(-c2ccc(Br)cc2)n1-c1ccccc1C(F)(F)F.Cl. The summed E-state index contributed by atoms with van der Waals surface area (Å²) >= 11 is 3.41. The van der Waals surface area contributed by atoms with E-state index in [2.05, 4.69) is 21.2 Å². The Labute approximate surface area is 240 Å². The summed E-state index contributed by atoms with van der Waals surface area (Å²) in [5.74, 6) is 0.152. The quantitative estimate of drug-likeness (QED) is 0.224. The lowest BCUT2D eigenvalue weighted by molar-refractivity contribution is -0.137. The van der Waals surface area contributed by atoms with E-state index in [4.69, 9.17) is 4.74 Å². The van der Waals surface area contributed by atoms with Gasteiger partial charge in [-0.2, -0.15) is 13.2 Å². The summed E-state index contributed by atoms with van der Waals surface area (Å²) in [5.41, 5.74) is 1.82. The predicted octanol–water partition coefficient (Wildman–Crippen LogP) is 7.31. The number of nitrogens with one attached hydrogen (secondary N) is 1. The lowest BCUT2D eigenvalue weighted by Gasteiger charge is -2.20. The van der Waals surface area contributed by atoms with Gasteiger partial charge in [0.05, 0.1) is 29.7 Å². The van der Waals surface area contributed by atoms with E-state index in [0.717, 1.165) is 16.1 Å². The highest BCUT2D eigenvalue weighted by atomic mass is 79.9. The molecule has 4 rings (SSSR count). The number of aromatic nitrogens is 1. The van der Waals surface area contributed by atoms with Crippen LogP contribution in [0.5, 0.6) is 5.75 Å². The van der Waals surface area contributed by atoms with Gasteiger partial charge in [-0.05, 0) is 74.3 Å². The lowest BCUT2D eigenvalue weighted by atomic mass is 10.0. The van der Waals surface area contributed by atoms with Crippen LogP contribution in [0.3, 0.4) is 0 Å². The minimum Gasteiger partial charge on any atom is -0.496 e. The van der Waals surface area contributed by atoms with Crippen molar-refractivity contribution in [3.05, 3.63) is 94.5 Å². The zero-order chi connectivity index (χ0) is 27.4. The highest BCUT2D eigenvalue weighted by molar-refractivity contribution is 9.10. The Morgan fingerprint density at radius 3 is 2.28 bits per heavy atom. The average Bonchev–Trinajstić information content (AvgIpc) is 3.32. The number of nitrogens with zero attached hydrogens (tertiary/aromatic N) is 2. The van der Waals surface area contributed by atoms with Crippen LogP contribution < -0.4 is 10.1 Å². The first kappa shape index (κ1) is 30.3. The number of likely N-dealkylation sites (N-methyl/N-ethyl adjacent to an activating group) is 1. The molecule has 0 radical (unpaired) electrons. The van der Waals surface area contributed by atoms with Gasteiger partial charge >= 0.3 is 6.18 Å². The highest BCUT2D eigenvalue weighted by Gasteiger charge is 2.35. The van der Waals surface area contributed by atoms with E-state index in [1.165, 1.54) is 19.2 Å². The van der Waals surface area contributed by atoms with Gasteiger partial charge in [-0.15, -0.1) is 12.4 Å². The fourth-order valence-electron chi connectivity index (χ4n) is 4.21. The molecule has 0 aliphatic heterocycles. The first-order chi connectivity index (χ1) is 18.1. The molecule has 1 heterocycles. The number of hydrogen-bond acceptors (Lipinski definition) is 3. The first-order valence-electron chi connectivity index (χ1n) is 11.9. The molecule has 10 heteroatoms. The summed E-state index contributed by atoms with van der Waals surface area (Å²) in [4.78, 5) is 14.8. The van der Waals surface area contributed by atoms with Crippen molar-refractivity contribution in [3.8, 4) is 34.0 Å². The van der Waals surface area contributed by atoms with Crippen LogP contribution in [0.15, 0.2) is 83.3 Å². The molecular formula is C29H28BrClF3N3O2. The molecule has 0 saturated carbocycles. The monoisotopic (exact) mass is 621 g/mol. The summed E-state index contributed by atoms with van der Waals surface area (Å²) in [5, 5.41) is 2.88. The molecule has 0 spiro atoms. The van der Waals surface area contributed by atoms with Gasteiger partial charge in [-0.25, -0.2) is 0 Å². The number of carbonyl (C=O) groups is 1. The third-order valence-electron chi connectivity index (χ3n) is 6.05. The lowest BCUT2D eigenvalue weighted by Crippen LogP contribution is -2.31. The number of halogens is 5. The Morgan fingerprint density at radius 2 is 1.64 bits per heavy atom. The van der Waals surface area contributed by atoms with Crippen molar-refractivity contribution in [1.29, 1.82) is 0 Å². The van der Waals surface area contributed by atoms with E-state index >= 15 is 0 Å². The fraction of sp³-hybridized carbons (Fsp3) is 0.207. The van der Waals surface area contributed by atoms with E-state index in [0.29, 0.717) is 41.4 Å². The van der Waals surface area contributed by atoms with Gasteiger partial charge in [-0.1, -0.05) is 40.2 Å². The maximum Gasteiger partial charge on any atom is 0.418 e. The largest absolute Gasteiger partial charge is 0.496 e. The Kier molecular flexibility index (Phi) is 9.88. The predicted molar refractivity (Wildman–Crippen MR) is 154 cm³/mol. The fourth-order valence-corrected chi connectivity index (χ4v) is 4.47. The van der Waals surface area contributed by atoms with Crippen molar-refractivity contribution in [1.82, 2.24) is 14.8 Å². The maximum absolute atomic E-state index is 14.2. The van der Waals surface area contributed by atoms with Gasteiger partial charge < -0.3 is 19.5 Å². The third-order valence-corrected chi connectivity index (χ3v) is 6.58. The normalized spacial score (nSPS) is 11.3. The van der Waals surface area contributed by atoms with Crippen LogP contribution in [0.1, 0.15) is 15.9 Å². The molecule has 4 aromatic rings. The number of alkyl halides is 3. The van der Waals surface area contributed by atoms with E-state index in [1.54, 1.807) is 41.0 Å². The Balaban J connectivity index is 0.00000420. The summed E-state index contributed by atoms with van der Waals surface area (Å²) < 4.78 is 50.5. The van der Waals surface area contributed by atoms with Gasteiger partial charge in [0, 0.05) is 28.7 Å². The molecule has 206 valence electrons. The van der Waals surface area contributed by atoms with Crippen LogP contribution in [-0.2, 0) is 6.18 Å². The van der Waals surface area contributed by atoms with Gasteiger partial charge in [0.15, 0.2) is 0 Å². The van der Waals surface area contributed by atoms with Crippen LogP contribution >= 0.6 is 28.3 Å². The molecule has 1 N–H and O–H groups in total. The molecule has 0 aliphatic rings. The maximum atomic E-state index is 14.2. The second kappa shape index (κ2) is 12.7. The van der Waals surface area contributed by atoms with Gasteiger partial charge in [0.25, 0.3) is 5.91 Å². The topological polar surface area (TPSA) is 46.5 Å². The molecule has 0 unspecified atom stereocenters. The minimum atomic E-state index is -4.58. The van der Waals surface area contributed by atoms with E-state index in [-0.39, 0.29) is 24.0 Å². The van der Waals surface area contributed by atoms with Crippen LogP contribution in [0.2, 0.25) is 0 Å². The number of amides is 1. The Bertz CT molecular complexity index is 1440. The number of benzene rings is 3. The molecule has 3 aromatic carbocycles. The van der Waals surface area contributed by atoms with E-state index in [9.17, 15) is 18.0 Å². The smallest absolute Gasteiger partial charge is 0.418 e. The van der Waals surface area contributed by atoms with Crippen molar-refractivity contribution in [2.24, 2.45) is 0 Å². The van der Waals surface area contributed by atoms with Gasteiger partial charge in [-0.3, -0.25) is 4.79 Å². The molecule has 0 fully saturated rings. The number of methoxy groups -OCH3 is 1. The number of rotatable bonds is 8. The number of carbonyl (C=O) groups excluding carboxylic acids is 1. The summed E-state index contributed by atoms with van der Waals surface area (Å²) in [6.45, 7) is 1.12. The van der Waals surface area contributed by atoms with Crippen LogP contribution in [0.25, 0.3) is 28.2 Å². The van der Waals surface area contributed by atoms with Crippen molar-refractivity contribution in [2.75, 3.05) is 34.3 Å². The Morgan fingerprint density at radius 1 is 0.974 bits per heavy atom. The van der Waals surface area contributed by atoms with Gasteiger partial charge in [0.1, 0.15) is 5.75 Å². The minimum absolute atomic E-state index is 0. The number of hydrogen-bond donors (Lipinski definition) is 1. The molecule has 5 nitrogen and oxygen atoms in total. The molecular weight excluding hydrogens is 595 g/mol. The molecule has 0 saturated heterocycles. The third kappa shape index (κ3) is 6.84.